The van der Waals surface area contributed by atoms with Crippen LogP contribution in [0, 0.1) is 0 Å². The molecule has 0 fully saturated rings. The molecule has 0 unspecified atom stereocenters. The highest BCUT2D eigenvalue weighted by atomic mass is 32.1. The minimum absolute atomic E-state index is 0.00948. The van der Waals surface area contributed by atoms with E-state index in [-0.39, 0.29) is 5.56 Å². The van der Waals surface area contributed by atoms with Crippen molar-refractivity contribution >= 4 is 16.3 Å². The maximum absolute atomic E-state index is 12.0. The van der Waals surface area contributed by atoms with Gasteiger partial charge in [0, 0.05) is 49.7 Å². The van der Waals surface area contributed by atoms with Crippen LogP contribution in [-0.4, -0.2) is 30.4 Å². The standard InChI is InChI=1S/C13H13N5OS/c19-12-7-10(15-13-18(12)5-6-20-13)8-16-3-4-17-2-1-14-11(17)9-16/h1-2,5-7H,3-4,8-9H2. The van der Waals surface area contributed by atoms with Crippen LogP contribution in [0.5, 0.6) is 0 Å². The van der Waals surface area contributed by atoms with Gasteiger partial charge in [0.2, 0.25) is 0 Å². The van der Waals surface area contributed by atoms with Gasteiger partial charge in [-0.05, 0) is 0 Å². The number of imidazole rings is 1. The Morgan fingerprint density at radius 1 is 1.30 bits per heavy atom. The van der Waals surface area contributed by atoms with Crippen LogP contribution < -0.4 is 5.56 Å². The molecule has 4 heterocycles. The summed E-state index contributed by atoms with van der Waals surface area (Å²) in [5.41, 5.74) is 0.821. The van der Waals surface area contributed by atoms with Crippen LogP contribution in [0.2, 0.25) is 0 Å². The molecule has 0 N–H and O–H groups in total. The van der Waals surface area contributed by atoms with Gasteiger partial charge in [0.15, 0.2) is 4.96 Å². The van der Waals surface area contributed by atoms with Crippen molar-refractivity contribution in [3.63, 3.8) is 0 Å². The summed E-state index contributed by atoms with van der Waals surface area (Å²) >= 11 is 1.48. The molecule has 0 aromatic carbocycles. The maximum Gasteiger partial charge on any atom is 0.258 e. The quantitative estimate of drug-likeness (QED) is 0.705. The first-order valence-electron chi connectivity index (χ1n) is 6.48. The second kappa shape index (κ2) is 4.53. The minimum Gasteiger partial charge on any atom is -0.333 e. The highest BCUT2D eigenvalue weighted by Gasteiger charge is 2.17. The summed E-state index contributed by atoms with van der Waals surface area (Å²) in [5, 5.41) is 1.88. The lowest BCUT2D eigenvalue weighted by molar-refractivity contribution is 0.206. The number of thiazole rings is 1. The van der Waals surface area contributed by atoms with Gasteiger partial charge < -0.3 is 4.57 Å². The molecule has 20 heavy (non-hydrogen) atoms. The Morgan fingerprint density at radius 3 is 3.20 bits per heavy atom. The number of rotatable bonds is 2. The number of hydrogen-bond donors (Lipinski definition) is 0. The monoisotopic (exact) mass is 287 g/mol. The van der Waals surface area contributed by atoms with Gasteiger partial charge in [0.1, 0.15) is 5.82 Å². The van der Waals surface area contributed by atoms with Crippen molar-refractivity contribution in [1.29, 1.82) is 0 Å². The largest absolute Gasteiger partial charge is 0.333 e. The predicted octanol–water partition coefficient (Wildman–Crippen LogP) is 0.968. The zero-order chi connectivity index (χ0) is 13.5. The molecule has 102 valence electrons. The fourth-order valence-corrected chi connectivity index (χ4v) is 3.30. The summed E-state index contributed by atoms with van der Waals surface area (Å²) in [5.74, 6) is 1.07. The van der Waals surface area contributed by atoms with Crippen LogP contribution in [0.15, 0.2) is 34.8 Å². The zero-order valence-corrected chi connectivity index (χ0v) is 11.6. The van der Waals surface area contributed by atoms with E-state index >= 15 is 0 Å². The fourth-order valence-electron chi connectivity index (χ4n) is 2.56. The minimum atomic E-state index is -0.00948. The lowest BCUT2D eigenvalue weighted by atomic mass is 10.3. The summed E-state index contributed by atoms with van der Waals surface area (Å²) in [6.07, 6.45) is 5.60. The van der Waals surface area contributed by atoms with Gasteiger partial charge in [-0.3, -0.25) is 14.1 Å². The van der Waals surface area contributed by atoms with E-state index in [0.717, 1.165) is 36.1 Å². The second-order valence-corrected chi connectivity index (χ2v) is 5.76. The molecule has 0 atom stereocenters. The molecule has 3 aromatic heterocycles. The van der Waals surface area contributed by atoms with Gasteiger partial charge >= 0.3 is 0 Å². The molecular weight excluding hydrogens is 274 g/mol. The van der Waals surface area contributed by atoms with Crippen molar-refractivity contribution < 1.29 is 0 Å². The molecule has 0 bridgehead atoms. The Morgan fingerprint density at radius 2 is 2.25 bits per heavy atom. The topological polar surface area (TPSA) is 55.4 Å². The van der Waals surface area contributed by atoms with Crippen LogP contribution in [0.1, 0.15) is 11.5 Å². The average molecular weight is 287 g/mol. The second-order valence-electron chi connectivity index (χ2n) is 4.89. The van der Waals surface area contributed by atoms with Gasteiger partial charge in [-0.1, -0.05) is 0 Å². The van der Waals surface area contributed by atoms with E-state index in [9.17, 15) is 4.79 Å². The van der Waals surface area contributed by atoms with Crippen molar-refractivity contribution in [3.8, 4) is 0 Å². The van der Waals surface area contributed by atoms with E-state index in [1.807, 2.05) is 17.8 Å². The van der Waals surface area contributed by atoms with E-state index in [4.69, 9.17) is 0 Å². The molecule has 1 aliphatic rings. The van der Waals surface area contributed by atoms with Gasteiger partial charge in [-0.15, -0.1) is 11.3 Å². The first kappa shape index (κ1) is 11.8. The fraction of sp³-hybridized carbons (Fsp3) is 0.308. The van der Waals surface area contributed by atoms with Crippen molar-refractivity contribution in [2.75, 3.05) is 6.54 Å². The molecule has 0 saturated heterocycles. The van der Waals surface area contributed by atoms with Crippen LogP contribution >= 0.6 is 11.3 Å². The summed E-state index contributed by atoms with van der Waals surface area (Å²) in [4.78, 5) is 23.9. The zero-order valence-electron chi connectivity index (χ0n) is 10.8. The molecule has 6 nitrogen and oxygen atoms in total. The van der Waals surface area contributed by atoms with E-state index in [0.29, 0.717) is 6.54 Å². The van der Waals surface area contributed by atoms with Crippen molar-refractivity contribution in [1.82, 2.24) is 23.8 Å². The van der Waals surface area contributed by atoms with Crippen LogP contribution in [-0.2, 0) is 19.6 Å². The Balaban J connectivity index is 1.60. The average Bonchev–Trinajstić information content (AvgIpc) is 3.06. The van der Waals surface area contributed by atoms with E-state index in [1.165, 1.54) is 11.3 Å². The summed E-state index contributed by atoms with van der Waals surface area (Å²) in [6.45, 7) is 3.39. The Hall–Kier alpha value is -1.99. The normalized spacial score (nSPS) is 15.6. The van der Waals surface area contributed by atoms with E-state index in [2.05, 4.69) is 19.4 Å². The van der Waals surface area contributed by atoms with Gasteiger partial charge in [0.25, 0.3) is 5.56 Å². The number of hydrogen-bond acceptors (Lipinski definition) is 5. The molecule has 0 saturated carbocycles. The van der Waals surface area contributed by atoms with Gasteiger partial charge in [-0.25, -0.2) is 9.97 Å². The van der Waals surface area contributed by atoms with E-state index < -0.39 is 0 Å². The lowest BCUT2D eigenvalue weighted by Gasteiger charge is -2.27. The van der Waals surface area contributed by atoms with Gasteiger partial charge in [-0.2, -0.15) is 0 Å². The van der Waals surface area contributed by atoms with Crippen LogP contribution in [0.4, 0.5) is 0 Å². The molecule has 0 aliphatic carbocycles. The molecular formula is C13H13N5OS. The van der Waals surface area contributed by atoms with Crippen molar-refractivity contribution in [3.05, 3.63) is 51.9 Å². The smallest absolute Gasteiger partial charge is 0.258 e. The molecule has 1 aliphatic heterocycles. The number of nitrogens with zero attached hydrogens (tertiary/aromatic N) is 5. The first-order chi connectivity index (χ1) is 9.79. The van der Waals surface area contributed by atoms with Crippen LogP contribution in [0.25, 0.3) is 4.96 Å². The third-order valence-corrected chi connectivity index (χ3v) is 4.32. The van der Waals surface area contributed by atoms with Crippen molar-refractivity contribution in [2.45, 2.75) is 19.6 Å². The summed E-state index contributed by atoms with van der Waals surface area (Å²) < 4.78 is 3.75. The molecule has 0 amide bonds. The predicted molar refractivity (Wildman–Crippen MR) is 75.7 cm³/mol. The highest BCUT2D eigenvalue weighted by molar-refractivity contribution is 7.15. The van der Waals surface area contributed by atoms with Crippen molar-refractivity contribution in [2.24, 2.45) is 0 Å². The summed E-state index contributed by atoms with van der Waals surface area (Å²) in [7, 11) is 0. The lowest BCUT2D eigenvalue weighted by Crippen LogP contribution is -2.33. The maximum atomic E-state index is 12.0. The first-order valence-corrected chi connectivity index (χ1v) is 7.36. The molecule has 7 heteroatoms. The molecule has 4 rings (SSSR count). The Labute approximate surface area is 118 Å². The van der Waals surface area contributed by atoms with Crippen LogP contribution in [0.3, 0.4) is 0 Å². The SMILES string of the molecule is O=c1cc(CN2CCn3ccnc3C2)nc2sccn12. The number of fused-ring (bicyclic) bond motifs is 2. The summed E-state index contributed by atoms with van der Waals surface area (Å²) in [6, 6.07) is 1.63. The third kappa shape index (κ3) is 1.95. The van der Waals surface area contributed by atoms with E-state index in [1.54, 1.807) is 16.7 Å². The third-order valence-electron chi connectivity index (χ3n) is 3.57. The highest BCUT2D eigenvalue weighted by Crippen LogP contribution is 2.13. The molecule has 3 aromatic rings. The number of aromatic nitrogens is 4. The van der Waals surface area contributed by atoms with Gasteiger partial charge in [0.05, 0.1) is 12.2 Å². The molecule has 0 spiro atoms. The molecule has 0 radical (unpaired) electrons. The Kier molecular flexibility index (Phi) is 2.68. The Bertz CT molecular complexity index is 817.